The smallest absolute Gasteiger partial charge is 0.122 e. The Balaban J connectivity index is 1.95. The molecule has 20 heavy (non-hydrogen) atoms. The quantitative estimate of drug-likeness (QED) is 0.844. The van der Waals surface area contributed by atoms with E-state index < -0.39 is 0 Å². The molecule has 1 atom stereocenters. The summed E-state index contributed by atoms with van der Waals surface area (Å²) >= 11 is 1.80. The van der Waals surface area contributed by atoms with Gasteiger partial charge in [-0.05, 0) is 48.4 Å². The highest BCUT2D eigenvalue weighted by atomic mass is 32.1. The van der Waals surface area contributed by atoms with Crippen molar-refractivity contribution in [3.63, 3.8) is 0 Å². The summed E-state index contributed by atoms with van der Waals surface area (Å²) in [6.45, 7) is 0. The Morgan fingerprint density at radius 2 is 1.85 bits per heavy atom. The summed E-state index contributed by atoms with van der Waals surface area (Å²) in [6, 6.07) is 10.1. The summed E-state index contributed by atoms with van der Waals surface area (Å²) in [5.74, 6) is 1.57. The normalized spacial score (nSPS) is 12.2. The van der Waals surface area contributed by atoms with Gasteiger partial charge in [-0.1, -0.05) is 6.07 Å². The maximum Gasteiger partial charge on any atom is 0.122 e. The van der Waals surface area contributed by atoms with Crippen LogP contribution in [-0.4, -0.2) is 14.2 Å². The number of hydrogen-bond acceptors (Lipinski definition) is 4. The van der Waals surface area contributed by atoms with E-state index in [1.54, 1.807) is 25.6 Å². The van der Waals surface area contributed by atoms with E-state index in [0.717, 1.165) is 36.3 Å². The number of ether oxygens (including phenoxy) is 2. The van der Waals surface area contributed by atoms with Gasteiger partial charge in [0, 0.05) is 17.0 Å². The summed E-state index contributed by atoms with van der Waals surface area (Å²) in [7, 11) is 3.31. The minimum absolute atomic E-state index is 0.0129. The molecule has 108 valence electrons. The van der Waals surface area contributed by atoms with Crippen molar-refractivity contribution in [2.24, 2.45) is 5.73 Å². The lowest BCUT2D eigenvalue weighted by molar-refractivity contribution is 0.392. The molecular weight excluding hydrogens is 270 g/mol. The van der Waals surface area contributed by atoms with E-state index in [2.05, 4.69) is 17.5 Å². The molecule has 0 aliphatic heterocycles. The van der Waals surface area contributed by atoms with E-state index >= 15 is 0 Å². The molecule has 2 aromatic rings. The fourth-order valence-electron chi connectivity index (χ4n) is 2.16. The van der Waals surface area contributed by atoms with Gasteiger partial charge in [-0.15, -0.1) is 11.3 Å². The Morgan fingerprint density at radius 3 is 2.40 bits per heavy atom. The van der Waals surface area contributed by atoms with Crippen LogP contribution in [-0.2, 0) is 6.42 Å². The standard InChI is InChI=1S/C16H21NO2S/c1-18-13-9-12(10-14(11-13)19-2)16(17)7-3-5-15-6-4-8-20-15/h4,6,8-11,16H,3,5,7,17H2,1-2H3. The Morgan fingerprint density at radius 1 is 1.15 bits per heavy atom. The third kappa shape index (κ3) is 3.99. The zero-order valence-corrected chi connectivity index (χ0v) is 12.8. The molecule has 0 radical (unpaired) electrons. The Labute approximate surface area is 124 Å². The van der Waals surface area contributed by atoms with Gasteiger partial charge in [-0.3, -0.25) is 0 Å². The average Bonchev–Trinajstić information content (AvgIpc) is 2.99. The van der Waals surface area contributed by atoms with E-state index in [1.807, 2.05) is 18.2 Å². The Kier molecular flexibility index (Phi) is 5.44. The van der Waals surface area contributed by atoms with E-state index in [1.165, 1.54) is 4.88 Å². The number of aryl methyl sites for hydroxylation is 1. The van der Waals surface area contributed by atoms with Crippen molar-refractivity contribution < 1.29 is 9.47 Å². The monoisotopic (exact) mass is 291 g/mol. The summed E-state index contributed by atoms with van der Waals surface area (Å²) in [5, 5.41) is 2.11. The van der Waals surface area contributed by atoms with Crippen LogP contribution in [0.4, 0.5) is 0 Å². The topological polar surface area (TPSA) is 44.5 Å². The molecule has 2 N–H and O–H groups in total. The molecule has 0 amide bonds. The second-order valence-electron chi connectivity index (χ2n) is 4.72. The second kappa shape index (κ2) is 7.31. The summed E-state index contributed by atoms with van der Waals surface area (Å²) in [4.78, 5) is 1.42. The highest BCUT2D eigenvalue weighted by Gasteiger charge is 2.10. The number of nitrogens with two attached hydrogens (primary N) is 1. The zero-order valence-electron chi connectivity index (χ0n) is 12.0. The molecule has 3 nitrogen and oxygen atoms in total. The van der Waals surface area contributed by atoms with Crippen LogP contribution in [0.2, 0.25) is 0 Å². The third-order valence-electron chi connectivity index (χ3n) is 3.32. The fraction of sp³-hybridized carbons (Fsp3) is 0.375. The van der Waals surface area contributed by atoms with E-state index in [4.69, 9.17) is 15.2 Å². The lowest BCUT2D eigenvalue weighted by Crippen LogP contribution is -2.11. The fourth-order valence-corrected chi connectivity index (χ4v) is 2.91. The van der Waals surface area contributed by atoms with Gasteiger partial charge in [0.15, 0.2) is 0 Å². The SMILES string of the molecule is COc1cc(OC)cc(C(N)CCCc2cccs2)c1. The van der Waals surface area contributed by atoms with Crippen molar-refractivity contribution >= 4 is 11.3 Å². The molecule has 0 fully saturated rings. The number of rotatable bonds is 7. The maximum atomic E-state index is 6.27. The van der Waals surface area contributed by atoms with Gasteiger partial charge in [0.25, 0.3) is 0 Å². The first-order valence-electron chi connectivity index (χ1n) is 6.74. The molecule has 2 rings (SSSR count). The van der Waals surface area contributed by atoms with Crippen LogP contribution >= 0.6 is 11.3 Å². The van der Waals surface area contributed by atoms with Gasteiger partial charge in [0.1, 0.15) is 11.5 Å². The minimum atomic E-state index is 0.0129. The van der Waals surface area contributed by atoms with E-state index in [-0.39, 0.29) is 6.04 Å². The molecule has 0 spiro atoms. The van der Waals surface area contributed by atoms with Gasteiger partial charge < -0.3 is 15.2 Å². The van der Waals surface area contributed by atoms with Crippen molar-refractivity contribution in [3.8, 4) is 11.5 Å². The molecular formula is C16H21NO2S. The Hall–Kier alpha value is -1.52. The lowest BCUT2D eigenvalue weighted by Gasteiger charge is -2.14. The van der Waals surface area contributed by atoms with E-state index in [9.17, 15) is 0 Å². The summed E-state index contributed by atoms with van der Waals surface area (Å²) in [6.07, 6.45) is 3.13. The van der Waals surface area contributed by atoms with Crippen LogP contribution in [0.5, 0.6) is 11.5 Å². The van der Waals surface area contributed by atoms with Crippen molar-refractivity contribution in [3.05, 3.63) is 46.2 Å². The van der Waals surface area contributed by atoms with Gasteiger partial charge in [-0.25, -0.2) is 0 Å². The first kappa shape index (κ1) is 14.9. The van der Waals surface area contributed by atoms with Crippen molar-refractivity contribution in [2.75, 3.05) is 14.2 Å². The van der Waals surface area contributed by atoms with Crippen molar-refractivity contribution in [2.45, 2.75) is 25.3 Å². The molecule has 0 saturated carbocycles. The second-order valence-corrected chi connectivity index (χ2v) is 5.76. The molecule has 0 bridgehead atoms. The molecule has 1 aromatic heterocycles. The molecule has 1 aromatic carbocycles. The van der Waals surface area contributed by atoms with Crippen LogP contribution in [0.25, 0.3) is 0 Å². The Bertz CT molecular complexity index is 503. The van der Waals surface area contributed by atoms with Crippen molar-refractivity contribution in [1.29, 1.82) is 0 Å². The van der Waals surface area contributed by atoms with Gasteiger partial charge in [-0.2, -0.15) is 0 Å². The molecule has 1 unspecified atom stereocenters. The number of thiophene rings is 1. The van der Waals surface area contributed by atoms with Crippen LogP contribution < -0.4 is 15.2 Å². The number of hydrogen-bond donors (Lipinski definition) is 1. The van der Waals surface area contributed by atoms with Crippen LogP contribution in [0.3, 0.4) is 0 Å². The van der Waals surface area contributed by atoms with Crippen LogP contribution in [0.15, 0.2) is 35.7 Å². The summed E-state index contributed by atoms with van der Waals surface area (Å²) < 4.78 is 10.6. The molecule has 0 saturated heterocycles. The molecule has 4 heteroatoms. The zero-order chi connectivity index (χ0) is 14.4. The predicted molar refractivity (Wildman–Crippen MR) is 83.7 cm³/mol. The van der Waals surface area contributed by atoms with Gasteiger partial charge in [0.2, 0.25) is 0 Å². The largest absolute Gasteiger partial charge is 0.497 e. The maximum absolute atomic E-state index is 6.27. The number of benzene rings is 1. The van der Waals surface area contributed by atoms with Gasteiger partial charge >= 0.3 is 0 Å². The van der Waals surface area contributed by atoms with Crippen LogP contribution in [0.1, 0.15) is 29.3 Å². The minimum Gasteiger partial charge on any atom is -0.497 e. The number of methoxy groups -OCH3 is 2. The summed E-state index contributed by atoms with van der Waals surface area (Å²) in [5.41, 5.74) is 7.34. The third-order valence-corrected chi connectivity index (χ3v) is 4.26. The molecule has 0 aliphatic rings. The lowest BCUT2D eigenvalue weighted by atomic mass is 10.0. The van der Waals surface area contributed by atoms with E-state index in [0.29, 0.717) is 0 Å². The first-order valence-corrected chi connectivity index (χ1v) is 7.62. The molecule has 0 aliphatic carbocycles. The molecule has 1 heterocycles. The first-order chi connectivity index (χ1) is 9.72. The average molecular weight is 291 g/mol. The highest BCUT2D eigenvalue weighted by Crippen LogP contribution is 2.27. The predicted octanol–water partition coefficient (Wildman–Crippen LogP) is 3.79. The van der Waals surface area contributed by atoms with Gasteiger partial charge in [0.05, 0.1) is 14.2 Å². The highest BCUT2D eigenvalue weighted by molar-refractivity contribution is 7.09. The van der Waals surface area contributed by atoms with Crippen molar-refractivity contribution in [1.82, 2.24) is 0 Å². The van der Waals surface area contributed by atoms with Crippen LogP contribution in [0, 0.1) is 0 Å².